The minimum atomic E-state index is 0.170. The zero-order chi connectivity index (χ0) is 20.9. The van der Waals surface area contributed by atoms with Crippen molar-refractivity contribution in [1.82, 2.24) is 25.3 Å². The van der Waals surface area contributed by atoms with Gasteiger partial charge >= 0.3 is 0 Å². The molecule has 3 aromatic rings. The lowest BCUT2D eigenvalue weighted by molar-refractivity contribution is 0.437. The summed E-state index contributed by atoms with van der Waals surface area (Å²) >= 11 is 6.33. The summed E-state index contributed by atoms with van der Waals surface area (Å²) < 4.78 is 5.98. The zero-order valence-corrected chi connectivity index (χ0v) is 17.2. The molecule has 2 aromatic heterocycles. The van der Waals surface area contributed by atoms with Gasteiger partial charge in [0.2, 0.25) is 17.8 Å². The molecule has 3 heterocycles. The fraction of sp³-hybridized carbons (Fsp3) is 0.286. The highest BCUT2D eigenvalue weighted by Gasteiger charge is 2.27. The largest absolute Gasteiger partial charge is 0.437 e. The number of halogens is 1. The summed E-state index contributed by atoms with van der Waals surface area (Å²) in [6.45, 7) is 3.65. The Bertz CT molecular complexity index is 1040. The first kappa shape index (κ1) is 20.0. The summed E-state index contributed by atoms with van der Waals surface area (Å²) in [6.07, 6.45) is 6.90. The van der Waals surface area contributed by atoms with E-state index in [4.69, 9.17) is 21.6 Å². The van der Waals surface area contributed by atoms with Gasteiger partial charge in [-0.3, -0.25) is 4.90 Å². The number of ether oxygens (including phenoxy) is 1. The van der Waals surface area contributed by atoms with Crippen molar-refractivity contribution >= 4 is 23.5 Å². The molecule has 8 nitrogen and oxygen atoms in total. The highest BCUT2D eigenvalue weighted by molar-refractivity contribution is 6.32. The predicted molar refractivity (Wildman–Crippen MR) is 113 cm³/mol. The molecule has 4 rings (SSSR count). The molecule has 0 unspecified atom stereocenters. The molecule has 1 saturated heterocycles. The maximum absolute atomic E-state index is 9.10. The first-order valence-electron chi connectivity index (χ1n) is 9.64. The monoisotopic (exact) mass is 421 g/mol. The number of nitrogens with zero attached hydrogens (tertiary/aromatic N) is 6. The zero-order valence-electron chi connectivity index (χ0n) is 16.4. The topological polar surface area (TPSA) is 99.9 Å². The van der Waals surface area contributed by atoms with Crippen LogP contribution in [0.15, 0.2) is 42.9 Å². The molecule has 1 aromatic carbocycles. The highest BCUT2D eigenvalue weighted by Crippen LogP contribution is 2.34. The fourth-order valence-electron chi connectivity index (χ4n) is 3.43. The molecule has 1 fully saturated rings. The van der Waals surface area contributed by atoms with Gasteiger partial charge in [0.15, 0.2) is 5.75 Å². The number of anilines is 2. The quantitative estimate of drug-likeness (QED) is 0.664. The van der Waals surface area contributed by atoms with Crippen LogP contribution in [0.3, 0.4) is 0 Å². The van der Waals surface area contributed by atoms with Gasteiger partial charge in [0, 0.05) is 30.7 Å². The van der Waals surface area contributed by atoms with E-state index in [1.54, 1.807) is 42.9 Å². The average Bonchev–Trinajstić information content (AvgIpc) is 2.78. The van der Waals surface area contributed by atoms with E-state index in [0.29, 0.717) is 34.1 Å². The number of hydrogen-bond donors (Lipinski definition) is 1. The molecule has 0 atom stereocenters. The van der Waals surface area contributed by atoms with Gasteiger partial charge in [0.1, 0.15) is 0 Å². The number of aryl methyl sites for hydroxylation is 1. The predicted octanol–water partition coefficient (Wildman–Crippen LogP) is 3.78. The van der Waals surface area contributed by atoms with Gasteiger partial charge < -0.3 is 10.1 Å². The lowest BCUT2D eigenvalue weighted by Crippen LogP contribution is -2.42. The maximum Gasteiger partial charge on any atom is 0.235 e. The van der Waals surface area contributed by atoms with Crippen molar-refractivity contribution in [3.8, 4) is 17.7 Å². The number of rotatable bonds is 5. The molecule has 1 N–H and O–H groups in total. The van der Waals surface area contributed by atoms with Gasteiger partial charge in [-0.25, -0.2) is 15.0 Å². The standard InChI is InChI=1S/C21H20ClN7O/c1-14-11-15(13-23)12-17(22)19(14)30-18-5-10-27-21(28-18)29(16-3-8-24-9-4-16)20-25-6-2-7-26-20/h2,5-7,10-12,16,24H,3-4,8-9H2,1H3. The van der Waals surface area contributed by atoms with Crippen LogP contribution in [-0.2, 0) is 0 Å². The lowest BCUT2D eigenvalue weighted by Gasteiger charge is -2.33. The molecule has 9 heteroatoms. The smallest absolute Gasteiger partial charge is 0.235 e. The number of nitrogens with one attached hydrogen (secondary N) is 1. The molecule has 152 valence electrons. The molecule has 0 saturated carbocycles. The Morgan fingerprint density at radius 3 is 2.57 bits per heavy atom. The van der Waals surface area contributed by atoms with Crippen LogP contribution in [0.25, 0.3) is 0 Å². The molecular weight excluding hydrogens is 402 g/mol. The Kier molecular flexibility index (Phi) is 6.02. The Labute approximate surface area is 179 Å². The highest BCUT2D eigenvalue weighted by atomic mass is 35.5. The Morgan fingerprint density at radius 1 is 1.13 bits per heavy atom. The van der Waals surface area contributed by atoms with Gasteiger partial charge in [-0.15, -0.1) is 0 Å². The van der Waals surface area contributed by atoms with Crippen LogP contribution in [-0.4, -0.2) is 39.1 Å². The molecule has 0 bridgehead atoms. The van der Waals surface area contributed by atoms with Crippen molar-refractivity contribution in [2.75, 3.05) is 18.0 Å². The second-order valence-electron chi connectivity index (χ2n) is 6.91. The van der Waals surface area contributed by atoms with Gasteiger partial charge in [0.05, 0.1) is 16.7 Å². The Hall–Kier alpha value is -3.28. The number of hydrogen-bond acceptors (Lipinski definition) is 8. The first-order chi connectivity index (χ1) is 14.7. The van der Waals surface area contributed by atoms with E-state index in [1.165, 1.54) is 0 Å². The van der Waals surface area contributed by atoms with E-state index in [-0.39, 0.29) is 6.04 Å². The maximum atomic E-state index is 9.10. The third-order valence-electron chi connectivity index (χ3n) is 4.84. The summed E-state index contributed by atoms with van der Waals surface area (Å²) in [5.41, 5.74) is 1.23. The van der Waals surface area contributed by atoms with Crippen LogP contribution >= 0.6 is 11.6 Å². The van der Waals surface area contributed by atoms with Gasteiger partial charge in [-0.05, 0) is 56.6 Å². The van der Waals surface area contributed by atoms with E-state index < -0.39 is 0 Å². The van der Waals surface area contributed by atoms with E-state index in [1.807, 2.05) is 11.8 Å². The summed E-state index contributed by atoms with van der Waals surface area (Å²) in [5.74, 6) is 1.83. The third-order valence-corrected chi connectivity index (χ3v) is 5.12. The molecule has 0 radical (unpaired) electrons. The lowest BCUT2D eigenvalue weighted by atomic mass is 10.1. The SMILES string of the molecule is Cc1cc(C#N)cc(Cl)c1Oc1ccnc(N(c2ncccn2)C2CCNCC2)n1. The fourth-order valence-corrected chi connectivity index (χ4v) is 3.74. The second kappa shape index (κ2) is 9.03. The van der Waals surface area contributed by atoms with Crippen molar-refractivity contribution in [1.29, 1.82) is 5.26 Å². The minimum absolute atomic E-state index is 0.170. The molecule has 1 aliphatic rings. The van der Waals surface area contributed by atoms with Crippen LogP contribution in [0.4, 0.5) is 11.9 Å². The van der Waals surface area contributed by atoms with Crippen LogP contribution in [0.1, 0.15) is 24.0 Å². The molecule has 0 amide bonds. The van der Waals surface area contributed by atoms with Crippen molar-refractivity contribution < 1.29 is 4.74 Å². The molecule has 30 heavy (non-hydrogen) atoms. The number of nitriles is 1. The normalized spacial score (nSPS) is 14.2. The van der Waals surface area contributed by atoms with Crippen LogP contribution in [0.5, 0.6) is 11.6 Å². The molecule has 1 aliphatic heterocycles. The van der Waals surface area contributed by atoms with Gasteiger partial charge in [-0.2, -0.15) is 10.2 Å². The molecule has 0 aliphatic carbocycles. The Morgan fingerprint density at radius 2 is 1.87 bits per heavy atom. The number of benzene rings is 1. The summed E-state index contributed by atoms with van der Waals surface area (Å²) in [6, 6.07) is 9.01. The van der Waals surface area contributed by atoms with E-state index >= 15 is 0 Å². The molecular formula is C21H20ClN7O. The third kappa shape index (κ3) is 4.32. The van der Waals surface area contributed by atoms with Crippen molar-refractivity contribution in [3.05, 3.63) is 59.0 Å². The van der Waals surface area contributed by atoms with E-state index in [0.717, 1.165) is 31.5 Å². The van der Waals surface area contributed by atoms with Gasteiger partial charge in [0.25, 0.3) is 0 Å². The number of aromatic nitrogens is 4. The van der Waals surface area contributed by atoms with Crippen LogP contribution < -0.4 is 15.0 Å². The van der Waals surface area contributed by atoms with Crippen LogP contribution in [0.2, 0.25) is 5.02 Å². The average molecular weight is 422 g/mol. The Balaban J connectivity index is 1.68. The first-order valence-corrected chi connectivity index (χ1v) is 10.0. The molecule has 0 spiro atoms. The summed E-state index contributed by atoms with van der Waals surface area (Å²) in [5, 5.41) is 12.8. The minimum Gasteiger partial charge on any atom is -0.437 e. The van der Waals surface area contributed by atoms with E-state index in [9.17, 15) is 0 Å². The van der Waals surface area contributed by atoms with Gasteiger partial charge in [-0.1, -0.05) is 11.6 Å². The summed E-state index contributed by atoms with van der Waals surface area (Å²) in [7, 11) is 0. The summed E-state index contributed by atoms with van der Waals surface area (Å²) in [4.78, 5) is 19.9. The van der Waals surface area contributed by atoms with E-state index in [2.05, 4.69) is 31.3 Å². The van der Waals surface area contributed by atoms with Crippen molar-refractivity contribution in [2.24, 2.45) is 0 Å². The van der Waals surface area contributed by atoms with Crippen LogP contribution in [0, 0.1) is 18.3 Å². The van der Waals surface area contributed by atoms with Crippen molar-refractivity contribution in [2.45, 2.75) is 25.8 Å². The second-order valence-corrected chi connectivity index (χ2v) is 7.32. The number of piperidine rings is 1. The van der Waals surface area contributed by atoms with Crippen molar-refractivity contribution in [3.63, 3.8) is 0 Å².